The van der Waals surface area contributed by atoms with Gasteiger partial charge in [0, 0.05) is 23.4 Å². The van der Waals surface area contributed by atoms with Gasteiger partial charge in [0.15, 0.2) is 23.0 Å². The number of rotatable bonds is 8. The monoisotopic (exact) mass is 405 g/mol. The standard InChI is InChI=1S/C25H27NO4/c1-27-21-13-12-18-19-15-22(28-2)23(29-3)16-20(19)26(24(18)25(21)30-4)14-8-11-17-9-6-5-7-10-17/h5-7,9-10,12-13,15-16H,8,11,14H2,1-4H3. The molecule has 0 fully saturated rings. The molecule has 3 aromatic carbocycles. The molecular formula is C25H27NO4. The van der Waals surface area contributed by atoms with Gasteiger partial charge in [-0.05, 0) is 36.6 Å². The highest BCUT2D eigenvalue weighted by Crippen LogP contribution is 2.43. The Morgan fingerprint density at radius 3 is 2.07 bits per heavy atom. The predicted molar refractivity (Wildman–Crippen MR) is 120 cm³/mol. The van der Waals surface area contributed by atoms with E-state index in [2.05, 4.69) is 34.9 Å². The molecule has 0 atom stereocenters. The molecule has 0 unspecified atom stereocenters. The number of aryl methyl sites for hydroxylation is 2. The third-order valence-corrected chi connectivity index (χ3v) is 5.56. The van der Waals surface area contributed by atoms with E-state index in [0.29, 0.717) is 11.5 Å². The van der Waals surface area contributed by atoms with Crippen LogP contribution >= 0.6 is 0 Å². The van der Waals surface area contributed by atoms with Crippen LogP contribution in [-0.2, 0) is 13.0 Å². The van der Waals surface area contributed by atoms with Gasteiger partial charge in [0.1, 0.15) is 0 Å². The Balaban J connectivity index is 1.89. The highest BCUT2D eigenvalue weighted by atomic mass is 16.5. The summed E-state index contributed by atoms with van der Waals surface area (Å²) < 4.78 is 24.8. The molecular weight excluding hydrogens is 378 g/mol. The summed E-state index contributed by atoms with van der Waals surface area (Å²) in [5.41, 5.74) is 3.44. The third-order valence-electron chi connectivity index (χ3n) is 5.56. The van der Waals surface area contributed by atoms with Crippen LogP contribution in [0.4, 0.5) is 0 Å². The molecule has 0 saturated heterocycles. The number of fused-ring (bicyclic) bond motifs is 3. The van der Waals surface area contributed by atoms with Gasteiger partial charge in [-0.25, -0.2) is 0 Å². The predicted octanol–water partition coefficient (Wildman–Crippen LogP) is 5.46. The Hall–Kier alpha value is -3.34. The zero-order chi connectivity index (χ0) is 21.1. The second-order valence-corrected chi connectivity index (χ2v) is 7.16. The molecule has 0 spiro atoms. The summed E-state index contributed by atoms with van der Waals surface area (Å²) in [7, 11) is 6.67. The van der Waals surface area contributed by atoms with Crippen molar-refractivity contribution in [3.8, 4) is 23.0 Å². The van der Waals surface area contributed by atoms with E-state index >= 15 is 0 Å². The molecule has 0 bridgehead atoms. The molecule has 156 valence electrons. The molecule has 0 saturated carbocycles. The van der Waals surface area contributed by atoms with Gasteiger partial charge in [-0.3, -0.25) is 0 Å². The summed E-state index contributed by atoms with van der Waals surface area (Å²) >= 11 is 0. The largest absolute Gasteiger partial charge is 0.493 e. The fourth-order valence-electron chi connectivity index (χ4n) is 4.14. The topological polar surface area (TPSA) is 41.9 Å². The van der Waals surface area contributed by atoms with Crippen molar-refractivity contribution in [3.05, 3.63) is 60.2 Å². The van der Waals surface area contributed by atoms with Crippen molar-refractivity contribution in [2.24, 2.45) is 0 Å². The molecule has 1 heterocycles. The lowest BCUT2D eigenvalue weighted by Crippen LogP contribution is -2.02. The van der Waals surface area contributed by atoms with E-state index in [1.165, 1.54) is 5.56 Å². The van der Waals surface area contributed by atoms with Crippen LogP contribution in [0.25, 0.3) is 21.8 Å². The molecule has 0 radical (unpaired) electrons. The minimum absolute atomic E-state index is 0.711. The lowest BCUT2D eigenvalue weighted by atomic mass is 10.1. The summed E-state index contributed by atoms with van der Waals surface area (Å²) in [5, 5.41) is 2.20. The van der Waals surface area contributed by atoms with Gasteiger partial charge in [0.25, 0.3) is 0 Å². The van der Waals surface area contributed by atoms with Crippen LogP contribution in [0.15, 0.2) is 54.6 Å². The minimum atomic E-state index is 0.711. The molecule has 4 aromatic rings. The normalized spacial score (nSPS) is 11.1. The molecule has 5 nitrogen and oxygen atoms in total. The SMILES string of the molecule is COc1cc2c3ccc(OC)c(OC)c3n(CCCc3ccccc3)c2cc1OC. The quantitative estimate of drug-likeness (QED) is 0.390. The van der Waals surface area contributed by atoms with Gasteiger partial charge in [-0.15, -0.1) is 0 Å². The highest BCUT2D eigenvalue weighted by Gasteiger charge is 2.20. The number of methoxy groups -OCH3 is 4. The Labute approximate surface area is 176 Å². The molecule has 5 heteroatoms. The molecule has 0 N–H and O–H groups in total. The first kappa shape index (κ1) is 20.0. The van der Waals surface area contributed by atoms with E-state index in [1.54, 1.807) is 28.4 Å². The average Bonchev–Trinajstić information content (AvgIpc) is 3.10. The van der Waals surface area contributed by atoms with E-state index in [-0.39, 0.29) is 0 Å². The van der Waals surface area contributed by atoms with Crippen molar-refractivity contribution in [2.45, 2.75) is 19.4 Å². The number of ether oxygens (including phenoxy) is 4. The Morgan fingerprint density at radius 2 is 1.40 bits per heavy atom. The first-order chi connectivity index (χ1) is 14.7. The summed E-state index contributed by atoms with van der Waals surface area (Å²) in [4.78, 5) is 0. The Morgan fingerprint density at radius 1 is 0.700 bits per heavy atom. The third kappa shape index (κ3) is 3.41. The van der Waals surface area contributed by atoms with Gasteiger partial charge < -0.3 is 23.5 Å². The first-order valence-corrected chi connectivity index (χ1v) is 10.0. The second-order valence-electron chi connectivity index (χ2n) is 7.16. The molecule has 0 aliphatic heterocycles. The summed E-state index contributed by atoms with van der Waals surface area (Å²) in [6.45, 7) is 0.841. The van der Waals surface area contributed by atoms with Crippen LogP contribution in [0.5, 0.6) is 23.0 Å². The lowest BCUT2D eigenvalue weighted by Gasteiger charge is -2.13. The van der Waals surface area contributed by atoms with Crippen LogP contribution in [0.3, 0.4) is 0 Å². The van der Waals surface area contributed by atoms with Crippen LogP contribution < -0.4 is 18.9 Å². The summed E-state index contributed by atoms with van der Waals surface area (Å²) in [6.07, 6.45) is 2.00. The van der Waals surface area contributed by atoms with E-state index in [9.17, 15) is 0 Å². The van der Waals surface area contributed by atoms with Gasteiger partial charge in [-0.2, -0.15) is 0 Å². The molecule has 0 aliphatic carbocycles. The molecule has 30 heavy (non-hydrogen) atoms. The maximum atomic E-state index is 5.79. The van der Waals surface area contributed by atoms with E-state index in [0.717, 1.165) is 52.7 Å². The molecule has 1 aromatic heterocycles. The number of hydrogen-bond acceptors (Lipinski definition) is 4. The van der Waals surface area contributed by atoms with Crippen LogP contribution in [-0.4, -0.2) is 33.0 Å². The number of nitrogens with zero attached hydrogens (tertiary/aromatic N) is 1. The Kier molecular flexibility index (Phi) is 5.70. The first-order valence-electron chi connectivity index (χ1n) is 10.0. The second kappa shape index (κ2) is 8.57. The zero-order valence-corrected chi connectivity index (χ0v) is 17.9. The average molecular weight is 405 g/mol. The van der Waals surface area contributed by atoms with Gasteiger partial charge in [0.05, 0.1) is 39.5 Å². The van der Waals surface area contributed by atoms with E-state index in [4.69, 9.17) is 18.9 Å². The van der Waals surface area contributed by atoms with Crippen molar-refractivity contribution >= 4 is 21.8 Å². The van der Waals surface area contributed by atoms with Crippen LogP contribution in [0.2, 0.25) is 0 Å². The fraction of sp³-hybridized carbons (Fsp3) is 0.280. The van der Waals surface area contributed by atoms with E-state index < -0.39 is 0 Å². The number of hydrogen-bond donors (Lipinski definition) is 0. The maximum absolute atomic E-state index is 5.79. The summed E-state index contributed by atoms with van der Waals surface area (Å²) in [5.74, 6) is 2.88. The molecule has 0 amide bonds. The maximum Gasteiger partial charge on any atom is 0.185 e. The highest BCUT2D eigenvalue weighted by molar-refractivity contribution is 6.11. The van der Waals surface area contributed by atoms with Gasteiger partial charge in [-0.1, -0.05) is 30.3 Å². The van der Waals surface area contributed by atoms with E-state index in [1.807, 2.05) is 24.3 Å². The summed E-state index contributed by atoms with van der Waals surface area (Å²) in [6, 6.07) is 18.7. The van der Waals surface area contributed by atoms with Crippen molar-refractivity contribution in [3.63, 3.8) is 0 Å². The minimum Gasteiger partial charge on any atom is -0.493 e. The van der Waals surface area contributed by atoms with Crippen molar-refractivity contribution in [1.29, 1.82) is 0 Å². The zero-order valence-electron chi connectivity index (χ0n) is 17.9. The van der Waals surface area contributed by atoms with Crippen LogP contribution in [0.1, 0.15) is 12.0 Å². The fourth-order valence-corrected chi connectivity index (χ4v) is 4.14. The van der Waals surface area contributed by atoms with Gasteiger partial charge >= 0.3 is 0 Å². The van der Waals surface area contributed by atoms with Crippen LogP contribution in [0, 0.1) is 0 Å². The smallest absolute Gasteiger partial charge is 0.185 e. The Bertz CT molecular complexity index is 1160. The number of benzene rings is 3. The van der Waals surface area contributed by atoms with Crippen molar-refractivity contribution in [1.82, 2.24) is 4.57 Å². The lowest BCUT2D eigenvalue weighted by molar-refractivity contribution is 0.355. The molecule has 0 aliphatic rings. The molecule has 4 rings (SSSR count). The number of aromatic nitrogens is 1. The van der Waals surface area contributed by atoms with Crippen molar-refractivity contribution in [2.75, 3.05) is 28.4 Å². The van der Waals surface area contributed by atoms with Crippen molar-refractivity contribution < 1.29 is 18.9 Å². The van der Waals surface area contributed by atoms with Gasteiger partial charge in [0.2, 0.25) is 0 Å².